The Bertz CT molecular complexity index is 484. The molecule has 8 heteroatoms. The molecule has 0 spiro atoms. The summed E-state index contributed by atoms with van der Waals surface area (Å²) < 4.78 is 39.0. The predicted molar refractivity (Wildman–Crippen MR) is 70.2 cm³/mol. The van der Waals surface area contributed by atoms with Crippen molar-refractivity contribution in [2.75, 3.05) is 6.54 Å². The lowest BCUT2D eigenvalue weighted by Crippen LogP contribution is -2.37. The number of hydrogen-bond acceptors (Lipinski definition) is 3. The molecule has 0 radical (unpaired) electrons. The lowest BCUT2D eigenvalue weighted by molar-refractivity contribution is 0.561. The molecule has 3 N–H and O–H groups in total. The minimum atomic E-state index is -3.66. The number of nitrogens with two attached hydrogens (primary N) is 1. The second-order valence-electron chi connectivity index (χ2n) is 3.33. The monoisotopic (exact) mass is 346 g/mol. The first-order valence-electron chi connectivity index (χ1n) is 4.54. The summed E-state index contributed by atoms with van der Waals surface area (Å²) in [6.45, 7) is 1.84. The Morgan fingerprint density at radius 3 is 2.59 bits per heavy atom. The van der Waals surface area contributed by atoms with E-state index in [9.17, 15) is 12.8 Å². The molecular formula is C9H13BrClFN2O2S. The van der Waals surface area contributed by atoms with Crippen molar-refractivity contribution in [2.45, 2.75) is 17.9 Å². The van der Waals surface area contributed by atoms with Crippen LogP contribution < -0.4 is 10.5 Å². The molecule has 0 aromatic heterocycles. The summed E-state index contributed by atoms with van der Waals surface area (Å²) in [7, 11) is -3.66. The Morgan fingerprint density at radius 2 is 2.12 bits per heavy atom. The zero-order valence-electron chi connectivity index (χ0n) is 8.98. The van der Waals surface area contributed by atoms with Crippen molar-refractivity contribution in [3.05, 3.63) is 28.5 Å². The molecule has 0 heterocycles. The van der Waals surface area contributed by atoms with Crippen LogP contribution in [0.25, 0.3) is 0 Å². The Balaban J connectivity index is 0.00000256. The van der Waals surface area contributed by atoms with Gasteiger partial charge in [-0.25, -0.2) is 17.5 Å². The van der Waals surface area contributed by atoms with Gasteiger partial charge in [-0.05, 0) is 41.1 Å². The van der Waals surface area contributed by atoms with Crippen LogP contribution in [0.15, 0.2) is 27.6 Å². The van der Waals surface area contributed by atoms with E-state index in [4.69, 9.17) is 5.73 Å². The molecule has 0 bridgehead atoms. The van der Waals surface area contributed by atoms with Gasteiger partial charge in [-0.3, -0.25) is 0 Å². The van der Waals surface area contributed by atoms with E-state index in [-0.39, 0.29) is 34.4 Å². The van der Waals surface area contributed by atoms with E-state index in [0.29, 0.717) is 0 Å². The smallest absolute Gasteiger partial charge is 0.241 e. The molecule has 0 aliphatic heterocycles. The molecule has 0 unspecified atom stereocenters. The summed E-state index contributed by atoms with van der Waals surface area (Å²) in [4.78, 5) is -0.00537. The Kier molecular flexibility index (Phi) is 6.57. The van der Waals surface area contributed by atoms with Crippen LogP contribution in [-0.2, 0) is 10.0 Å². The summed E-state index contributed by atoms with van der Waals surface area (Å²) in [5.41, 5.74) is 5.32. The molecule has 1 rings (SSSR count). The van der Waals surface area contributed by atoms with E-state index in [0.717, 1.165) is 12.1 Å². The summed E-state index contributed by atoms with van der Waals surface area (Å²) >= 11 is 3.00. The van der Waals surface area contributed by atoms with Crippen LogP contribution in [0.5, 0.6) is 0 Å². The third kappa shape index (κ3) is 4.51. The highest BCUT2D eigenvalue weighted by molar-refractivity contribution is 9.10. The molecule has 0 aliphatic rings. The van der Waals surface area contributed by atoms with Crippen LogP contribution in [0.1, 0.15) is 6.92 Å². The van der Waals surface area contributed by atoms with Gasteiger partial charge in [0.05, 0.1) is 4.90 Å². The second kappa shape index (κ2) is 6.65. The van der Waals surface area contributed by atoms with Crippen molar-refractivity contribution in [3.63, 3.8) is 0 Å². The van der Waals surface area contributed by atoms with E-state index in [1.807, 2.05) is 0 Å². The maximum absolute atomic E-state index is 12.8. The fourth-order valence-corrected chi connectivity index (χ4v) is 3.38. The van der Waals surface area contributed by atoms with E-state index in [1.165, 1.54) is 6.07 Å². The molecule has 1 aromatic rings. The summed E-state index contributed by atoms with van der Waals surface area (Å²) in [5.74, 6) is -0.502. The Hall–Kier alpha value is -0.210. The van der Waals surface area contributed by atoms with Crippen molar-refractivity contribution in [2.24, 2.45) is 5.73 Å². The van der Waals surface area contributed by atoms with Gasteiger partial charge in [-0.1, -0.05) is 0 Å². The SMILES string of the molecule is C[C@H](CN)NS(=O)(=O)c1ccc(F)cc1Br.Cl. The largest absolute Gasteiger partial charge is 0.329 e. The predicted octanol–water partition coefficient (Wildman–Crippen LogP) is 1.64. The molecule has 17 heavy (non-hydrogen) atoms. The number of sulfonamides is 1. The quantitative estimate of drug-likeness (QED) is 0.869. The summed E-state index contributed by atoms with van der Waals surface area (Å²) in [6.07, 6.45) is 0. The van der Waals surface area contributed by atoms with Crippen molar-refractivity contribution >= 4 is 38.4 Å². The molecule has 1 atom stereocenters. The van der Waals surface area contributed by atoms with Crippen molar-refractivity contribution in [3.8, 4) is 0 Å². The highest BCUT2D eigenvalue weighted by Crippen LogP contribution is 2.22. The molecule has 4 nitrogen and oxygen atoms in total. The second-order valence-corrected chi connectivity index (χ2v) is 5.87. The maximum Gasteiger partial charge on any atom is 0.241 e. The highest BCUT2D eigenvalue weighted by atomic mass is 79.9. The van der Waals surface area contributed by atoms with Crippen LogP contribution in [0.2, 0.25) is 0 Å². The van der Waals surface area contributed by atoms with E-state index < -0.39 is 15.8 Å². The fourth-order valence-electron chi connectivity index (χ4n) is 1.07. The van der Waals surface area contributed by atoms with Crippen LogP contribution >= 0.6 is 28.3 Å². The zero-order chi connectivity index (χ0) is 12.3. The lowest BCUT2D eigenvalue weighted by Gasteiger charge is -2.12. The number of nitrogens with one attached hydrogen (secondary N) is 1. The molecule has 0 fully saturated rings. The normalized spacial score (nSPS) is 12.9. The maximum atomic E-state index is 12.8. The van der Waals surface area contributed by atoms with E-state index >= 15 is 0 Å². The van der Waals surface area contributed by atoms with Crippen molar-refractivity contribution < 1.29 is 12.8 Å². The highest BCUT2D eigenvalue weighted by Gasteiger charge is 2.19. The average molecular weight is 348 g/mol. The zero-order valence-corrected chi connectivity index (χ0v) is 12.2. The number of rotatable bonds is 4. The van der Waals surface area contributed by atoms with Gasteiger partial charge in [0.25, 0.3) is 0 Å². The molecule has 0 saturated carbocycles. The van der Waals surface area contributed by atoms with Crippen LogP contribution in [-0.4, -0.2) is 21.0 Å². The first-order chi connectivity index (χ1) is 7.36. The van der Waals surface area contributed by atoms with Gasteiger partial charge in [-0.2, -0.15) is 0 Å². The van der Waals surface area contributed by atoms with Gasteiger partial charge in [-0.15, -0.1) is 12.4 Å². The van der Waals surface area contributed by atoms with E-state index in [2.05, 4.69) is 20.7 Å². The number of halogens is 3. The van der Waals surface area contributed by atoms with E-state index in [1.54, 1.807) is 6.92 Å². The van der Waals surface area contributed by atoms with Crippen LogP contribution in [0.4, 0.5) is 4.39 Å². The van der Waals surface area contributed by atoms with Crippen LogP contribution in [0.3, 0.4) is 0 Å². The molecule has 1 aromatic carbocycles. The summed E-state index contributed by atoms with van der Waals surface area (Å²) in [6, 6.07) is 3.01. The molecule has 98 valence electrons. The third-order valence-electron chi connectivity index (χ3n) is 1.89. The lowest BCUT2D eigenvalue weighted by atomic mass is 10.3. The molecule has 0 saturated heterocycles. The Labute approximate surface area is 114 Å². The molecule has 0 amide bonds. The molecular weight excluding hydrogens is 335 g/mol. The van der Waals surface area contributed by atoms with Gasteiger partial charge in [0.15, 0.2) is 0 Å². The molecule has 0 aliphatic carbocycles. The summed E-state index contributed by atoms with van der Waals surface area (Å²) in [5, 5.41) is 0. The fraction of sp³-hybridized carbons (Fsp3) is 0.333. The first-order valence-corrected chi connectivity index (χ1v) is 6.82. The number of hydrogen-bond donors (Lipinski definition) is 2. The Morgan fingerprint density at radius 1 is 1.53 bits per heavy atom. The van der Waals surface area contributed by atoms with Crippen molar-refractivity contribution in [1.29, 1.82) is 0 Å². The van der Waals surface area contributed by atoms with Gasteiger partial charge in [0, 0.05) is 17.1 Å². The van der Waals surface area contributed by atoms with Crippen molar-refractivity contribution in [1.82, 2.24) is 4.72 Å². The third-order valence-corrected chi connectivity index (χ3v) is 4.46. The minimum Gasteiger partial charge on any atom is -0.329 e. The van der Waals surface area contributed by atoms with Gasteiger partial charge < -0.3 is 5.73 Å². The van der Waals surface area contributed by atoms with Gasteiger partial charge in [0.1, 0.15) is 5.82 Å². The van der Waals surface area contributed by atoms with Gasteiger partial charge in [0.2, 0.25) is 10.0 Å². The topological polar surface area (TPSA) is 72.2 Å². The first kappa shape index (κ1) is 16.8. The minimum absolute atomic E-state index is 0. The number of benzene rings is 1. The van der Waals surface area contributed by atoms with Gasteiger partial charge >= 0.3 is 0 Å². The van der Waals surface area contributed by atoms with Crippen LogP contribution in [0, 0.1) is 5.82 Å². The average Bonchev–Trinajstić information content (AvgIpc) is 2.16. The standard InChI is InChI=1S/C9H12BrFN2O2S.ClH/c1-6(5-12)13-16(14,15)9-3-2-7(11)4-8(9)10;/h2-4,6,13H,5,12H2,1H3;1H/t6-;/m1./s1.